The lowest BCUT2D eigenvalue weighted by molar-refractivity contribution is -0.118. The zero-order valence-electron chi connectivity index (χ0n) is 7.21. The van der Waals surface area contributed by atoms with Crippen molar-refractivity contribution in [1.82, 2.24) is 5.43 Å². The summed E-state index contributed by atoms with van der Waals surface area (Å²) in [6.07, 6.45) is 0. The molecule has 1 aliphatic rings. The maximum Gasteiger partial charge on any atom is 0.254 e. The third-order valence-corrected chi connectivity index (χ3v) is 2.97. The zero-order valence-corrected chi connectivity index (χ0v) is 9.55. The first-order valence-corrected chi connectivity index (χ1v) is 5.44. The molecule has 0 spiro atoms. The fourth-order valence-corrected chi connectivity index (χ4v) is 1.80. The Labute approximate surface area is 95.1 Å². The van der Waals surface area contributed by atoms with Crippen LogP contribution < -0.4 is 10.4 Å². The van der Waals surface area contributed by atoms with E-state index in [1.165, 1.54) is 0 Å². The number of hydrazine groups is 1. The van der Waals surface area contributed by atoms with Gasteiger partial charge in [-0.25, -0.2) is 0 Å². The number of hydrogen-bond donors (Lipinski definition) is 1. The molecule has 5 heteroatoms. The molecule has 0 radical (unpaired) electrons. The smallest absolute Gasteiger partial charge is 0.254 e. The van der Waals surface area contributed by atoms with E-state index in [1.54, 1.807) is 17.1 Å². The predicted molar refractivity (Wildman–Crippen MR) is 59.7 cm³/mol. The summed E-state index contributed by atoms with van der Waals surface area (Å²) in [7, 11) is 0. The number of alkyl halides is 1. The number of nitrogens with one attached hydrogen (secondary N) is 1. The number of amides is 1. The SMILES string of the molecule is O=C1NN(c2ccc(Cl)cc2)CC1Br. The van der Waals surface area contributed by atoms with E-state index in [2.05, 4.69) is 21.4 Å². The number of carbonyl (C=O) groups is 1. The van der Waals surface area contributed by atoms with Gasteiger partial charge in [0.15, 0.2) is 0 Å². The predicted octanol–water partition coefficient (Wildman–Crippen LogP) is 1.95. The van der Waals surface area contributed by atoms with Gasteiger partial charge in [-0.15, -0.1) is 0 Å². The van der Waals surface area contributed by atoms with E-state index in [9.17, 15) is 4.79 Å². The van der Waals surface area contributed by atoms with E-state index < -0.39 is 0 Å². The second-order valence-electron chi connectivity index (χ2n) is 3.03. The van der Waals surface area contributed by atoms with Gasteiger partial charge in [0.25, 0.3) is 5.91 Å². The summed E-state index contributed by atoms with van der Waals surface area (Å²) >= 11 is 9.04. The molecule has 0 aromatic heterocycles. The molecule has 1 atom stereocenters. The van der Waals surface area contributed by atoms with Crippen LogP contribution in [0.1, 0.15) is 0 Å². The Hall–Kier alpha value is -0.740. The Morgan fingerprint density at radius 2 is 2.07 bits per heavy atom. The lowest BCUT2D eigenvalue weighted by Crippen LogP contribution is -2.32. The Morgan fingerprint density at radius 1 is 1.43 bits per heavy atom. The molecular weight excluding hydrogens is 267 g/mol. The van der Waals surface area contributed by atoms with Crippen LogP contribution >= 0.6 is 27.5 Å². The minimum atomic E-state index is -0.141. The second kappa shape index (κ2) is 3.79. The van der Waals surface area contributed by atoms with Gasteiger partial charge in [-0.1, -0.05) is 27.5 Å². The highest BCUT2D eigenvalue weighted by Crippen LogP contribution is 2.20. The molecule has 3 nitrogen and oxygen atoms in total. The number of benzene rings is 1. The summed E-state index contributed by atoms with van der Waals surface area (Å²) in [4.78, 5) is 11.1. The minimum Gasteiger partial charge on any atom is -0.284 e. The quantitative estimate of drug-likeness (QED) is 0.795. The molecular formula is C9H8BrClN2O. The summed E-state index contributed by atoms with van der Waals surface area (Å²) in [5, 5.41) is 2.48. The molecule has 1 unspecified atom stereocenters. The first-order valence-electron chi connectivity index (χ1n) is 4.14. The fraction of sp³-hybridized carbons (Fsp3) is 0.222. The number of halogens is 2. The van der Waals surface area contributed by atoms with Crippen molar-refractivity contribution in [3.63, 3.8) is 0 Å². The molecule has 1 aromatic carbocycles. The van der Waals surface area contributed by atoms with Crippen molar-refractivity contribution >= 4 is 39.1 Å². The topological polar surface area (TPSA) is 32.3 Å². The van der Waals surface area contributed by atoms with E-state index in [0.717, 1.165) is 5.69 Å². The molecule has 74 valence electrons. The van der Waals surface area contributed by atoms with Crippen LogP contribution in [0.4, 0.5) is 5.69 Å². The second-order valence-corrected chi connectivity index (χ2v) is 4.57. The first-order chi connectivity index (χ1) is 6.66. The van der Waals surface area contributed by atoms with Gasteiger partial charge >= 0.3 is 0 Å². The van der Waals surface area contributed by atoms with Gasteiger partial charge in [0, 0.05) is 5.02 Å². The van der Waals surface area contributed by atoms with Gasteiger partial charge in [-0.3, -0.25) is 15.2 Å². The lowest BCUT2D eigenvalue weighted by Gasteiger charge is -2.16. The van der Waals surface area contributed by atoms with Crippen LogP contribution in [0.15, 0.2) is 24.3 Å². The first kappa shape index (κ1) is 9.80. The molecule has 2 rings (SSSR count). The van der Waals surface area contributed by atoms with Crippen LogP contribution in [0.3, 0.4) is 0 Å². The van der Waals surface area contributed by atoms with Crippen LogP contribution in [0.5, 0.6) is 0 Å². The van der Waals surface area contributed by atoms with Crippen molar-refractivity contribution in [1.29, 1.82) is 0 Å². The van der Waals surface area contributed by atoms with Crippen molar-refractivity contribution < 1.29 is 4.79 Å². The maximum atomic E-state index is 11.2. The summed E-state index contributed by atoms with van der Waals surface area (Å²) in [6, 6.07) is 7.33. The fourth-order valence-electron chi connectivity index (χ4n) is 1.28. The monoisotopic (exact) mass is 274 g/mol. The number of nitrogens with zero attached hydrogens (tertiary/aromatic N) is 1. The zero-order chi connectivity index (χ0) is 10.1. The third-order valence-electron chi connectivity index (χ3n) is 2.01. The third kappa shape index (κ3) is 1.86. The van der Waals surface area contributed by atoms with E-state index in [4.69, 9.17) is 11.6 Å². The highest BCUT2D eigenvalue weighted by Gasteiger charge is 2.27. The summed E-state index contributed by atoms with van der Waals surface area (Å²) < 4.78 is 0. The van der Waals surface area contributed by atoms with Gasteiger partial charge in [0.2, 0.25) is 0 Å². The molecule has 1 amide bonds. The summed E-state index contributed by atoms with van der Waals surface area (Å²) in [5.41, 5.74) is 3.68. The largest absolute Gasteiger partial charge is 0.284 e. The van der Waals surface area contributed by atoms with E-state index in [-0.39, 0.29) is 10.7 Å². The van der Waals surface area contributed by atoms with E-state index >= 15 is 0 Å². The molecule has 1 aliphatic heterocycles. The molecule has 1 saturated heterocycles. The number of rotatable bonds is 1. The van der Waals surface area contributed by atoms with Gasteiger partial charge in [-0.05, 0) is 24.3 Å². The van der Waals surface area contributed by atoms with E-state index in [1.807, 2.05) is 12.1 Å². The van der Waals surface area contributed by atoms with Crippen LogP contribution in [0.25, 0.3) is 0 Å². The summed E-state index contributed by atoms with van der Waals surface area (Å²) in [5.74, 6) is -0.0139. The number of anilines is 1. The maximum absolute atomic E-state index is 11.2. The van der Waals surface area contributed by atoms with Crippen LogP contribution in [-0.4, -0.2) is 17.3 Å². The van der Waals surface area contributed by atoms with Gasteiger partial charge in [-0.2, -0.15) is 0 Å². The van der Waals surface area contributed by atoms with Crippen molar-refractivity contribution in [2.75, 3.05) is 11.6 Å². The van der Waals surface area contributed by atoms with E-state index in [0.29, 0.717) is 11.6 Å². The van der Waals surface area contributed by atoms with Gasteiger partial charge in [0.05, 0.1) is 12.2 Å². The normalized spacial score (nSPS) is 21.1. The summed E-state index contributed by atoms with van der Waals surface area (Å²) in [6.45, 7) is 0.625. The average Bonchev–Trinajstić information content (AvgIpc) is 2.48. The molecule has 1 fully saturated rings. The Bertz CT molecular complexity index is 354. The van der Waals surface area contributed by atoms with Gasteiger partial charge < -0.3 is 0 Å². The highest BCUT2D eigenvalue weighted by molar-refractivity contribution is 9.10. The Kier molecular flexibility index (Phi) is 2.65. The van der Waals surface area contributed by atoms with Crippen molar-refractivity contribution in [3.8, 4) is 0 Å². The Balaban J connectivity index is 2.17. The van der Waals surface area contributed by atoms with Crippen LogP contribution in [0.2, 0.25) is 5.02 Å². The molecule has 1 heterocycles. The van der Waals surface area contributed by atoms with Crippen molar-refractivity contribution in [3.05, 3.63) is 29.3 Å². The highest BCUT2D eigenvalue weighted by atomic mass is 79.9. The van der Waals surface area contributed by atoms with Gasteiger partial charge in [0.1, 0.15) is 4.83 Å². The number of carbonyl (C=O) groups excluding carboxylic acids is 1. The van der Waals surface area contributed by atoms with Crippen LogP contribution in [0, 0.1) is 0 Å². The standard InChI is InChI=1S/C9H8BrClN2O/c10-8-5-13(12-9(8)14)7-3-1-6(11)2-4-7/h1-4,8H,5H2,(H,12,14). The Morgan fingerprint density at radius 3 is 2.57 bits per heavy atom. The van der Waals surface area contributed by atoms with Crippen LogP contribution in [-0.2, 0) is 4.79 Å². The lowest BCUT2D eigenvalue weighted by atomic mass is 10.3. The molecule has 0 saturated carbocycles. The minimum absolute atomic E-state index is 0.0139. The number of hydrogen-bond acceptors (Lipinski definition) is 2. The average molecular weight is 276 g/mol. The molecule has 1 N–H and O–H groups in total. The van der Waals surface area contributed by atoms with Crippen molar-refractivity contribution in [2.45, 2.75) is 4.83 Å². The molecule has 14 heavy (non-hydrogen) atoms. The molecule has 0 aliphatic carbocycles. The van der Waals surface area contributed by atoms with Crippen molar-refractivity contribution in [2.24, 2.45) is 0 Å². The molecule has 1 aromatic rings. The molecule has 0 bridgehead atoms.